The number of ether oxygens (including phenoxy) is 1. The Labute approximate surface area is 143 Å². The maximum Gasteiger partial charge on any atom is 0.138 e. The summed E-state index contributed by atoms with van der Waals surface area (Å²) in [6.45, 7) is 4.46. The summed E-state index contributed by atoms with van der Waals surface area (Å²) in [5.74, 6) is 1.60. The topological polar surface area (TPSA) is 41.5 Å². The lowest BCUT2D eigenvalue weighted by Crippen LogP contribution is -2.27. The lowest BCUT2D eigenvalue weighted by molar-refractivity contribution is 0.108. The summed E-state index contributed by atoms with van der Waals surface area (Å²) in [4.78, 5) is 0. The average molecular weight is 421 g/mol. The summed E-state index contributed by atoms with van der Waals surface area (Å²) in [5, 5.41) is 13.1. The molecule has 0 spiro atoms. The maximum absolute atomic E-state index is 9.54. The molecule has 118 valence electrons. The molecule has 0 amide bonds. The molecule has 1 aromatic rings. The van der Waals surface area contributed by atoms with E-state index in [-0.39, 0.29) is 6.10 Å². The number of benzene rings is 1. The molecule has 1 aliphatic rings. The minimum absolute atomic E-state index is 0.0770. The van der Waals surface area contributed by atoms with E-state index in [0.717, 1.165) is 59.0 Å². The van der Waals surface area contributed by atoms with Crippen molar-refractivity contribution in [3.05, 3.63) is 26.6 Å². The second-order valence-corrected chi connectivity index (χ2v) is 7.38. The smallest absolute Gasteiger partial charge is 0.138 e. The van der Waals surface area contributed by atoms with Crippen LogP contribution in [0.25, 0.3) is 0 Å². The van der Waals surface area contributed by atoms with Gasteiger partial charge in [0.2, 0.25) is 0 Å². The van der Waals surface area contributed by atoms with Gasteiger partial charge in [0.1, 0.15) is 5.75 Å². The molecule has 3 nitrogen and oxygen atoms in total. The Morgan fingerprint density at radius 2 is 1.95 bits per heavy atom. The predicted molar refractivity (Wildman–Crippen MR) is 92.7 cm³/mol. The number of aliphatic hydroxyl groups excluding tert-OH is 1. The van der Waals surface area contributed by atoms with Crippen LogP contribution in [-0.2, 0) is 6.54 Å². The highest BCUT2D eigenvalue weighted by Crippen LogP contribution is 2.33. The second kappa shape index (κ2) is 8.51. The van der Waals surface area contributed by atoms with Gasteiger partial charge in [0.15, 0.2) is 0 Å². The van der Waals surface area contributed by atoms with Crippen LogP contribution in [-0.4, -0.2) is 24.4 Å². The van der Waals surface area contributed by atoms with Crippen LogP contribution >= 0.6 is 31.9 Å². The third kappa shape index (κ3) is 5.23. The molecule has 0 unspecified atom stereocenters. The summed E-state index contributed by atoms with van der Waals surface area (Å²) in [6.07, 6.45) is 4.05. The Bertz CT molecular complexity index is 460. The molecule has 21 heavy (non-hydrogen) atoms. The zero-order valence-corrected chi connectivity index (χ0v) is 15.5. The van der Waals surface area contributed by atoms with Gasteiger partial charge < -0.3 is 15.2 Å². The second-order valence-electron chi connectivity index (χ2n) is 5.61. The van der Waals surface area contributed by atoms with Crippen LogP contribution < -0.4 is 10.1 Å². The Morgan fingerprint density at radius 3 is 2.62 bits per heavy atom. The van der Waals surface area contributed by atoms with E-state index >= 15 is 0 Å². The molecule has 0 radical (unpaired) electrons. The number of hydrogen-bond acceptors (Lipinski definition) is 3. The van der Waals surface area contributed by atoms with E-state index in [1.807, 2.05) is 13.0 Å². The van der Waals surface area contributed by atoms with Crippen LogP contribution in [0.1, 0.15) is 38.2 Å². The zero-order valence-electron chi connectivity index (χ0n) is 12.4. The molecule has 2 rings (SSSR count). The molecular weight excluding hydrogens is 398 g/mol. The monoisotopic (exact) mass is 419 g/mol. The van der Waals surface area contributed by atoms with Crippen LogP contribution in [0, 0.1) is 5.92 Å². The van der Waals surface area contributed by atoms with E-state index in [9.17, 15) is 5.11 Å². The van der Waals surface area contributed by atoms with Crippen molar-refractivity contribution < 1.29 is 9.84 Å². The number of aliphatic hydroxyl groups is 1. The fraction of sp³-hybridized carbons (Fsp3) is 0.625. The highest BCUT2D eigenvalue weighted by molar-refractivity contribution is 9.11. The zero-order chi connectivity index (χ0) is 15.2. The first-order valence-electron chi connectivity index (χ1n) is 7.59. The fourth-order valence-electron chi connectivity index (χ4n) is 2.81. The van der Waals surface area contributed by atoms with E-state index < -0.39 is 0 Å². The van der Waals surface area contributed by atoms with Crippen LogP contribution in [0.2, 0.25) is 0 Å². The van der Waals surface area contributed by atoms with E-state index in [0.29, 0.717) is 12.5 Å². The van der Waals surface area contributed by atoms with Gasteiger partial charge in [-0.2, -0.15) is 0 Å². The Hall–Kier alpha value is -0.100. The first kappa shape index (κ1) is 17.3. The molecule has 0 bridgehead atoms. The summed E-state index contributed by atoms with van der Waals surface area (Å²) >= 11 is 7.10. The average Bonchev–Trinajstić information content (AvgIpc) is 2.44. The maximum atomic E-state index is 9.54. The van der Waals surface area contributed by atoms with Crippen molar-refractivity contribution in [2.75, 3.05) is 13.2 Å². The van der Waals surface area contributed by atoms with Gasteiger partial charge in [0, 0.05) is 16.6 Å². The molecule has 2 N–H and O–H groups in total. The molecule has 0 aliphatic heterocycles. The molecule has 0 atom stereocenters. The molecule has 1 aliphatic carbocycles. The van der Waals surface area contributed by atoms with Gasteiger partial charge in [0.25, 0.3) is 0 Å². The van der Waals surface area contributed by atoms with Gasteiger partial charge in [-0.15, -0.1) is 0 Å². The van der Waals surface area contributed by atoms with Crippen molar-refractivity contribution in [1.82, 2.24) is 5.32 Å². The fourth-order valence-corrected chi connectivity index (χ4v) is 4.24. The summed E-state index contributed by atoms with van der Waals surface area (Å²) in [5.41, 5.74) is 1.16. The van der Waals surface area contributed by atoms with E-state index in [4.69, 9.17) is 4.74 Å². The third-order valence-corrected chi connectivity index (χ3v) is 4.99. The lowest BCUT2D eigenvalue weighted by Gasteiger charge is -2.25. The molecule has 0 aromatic heterocycles. The van der Waals surface area contributed by atoms with Gasteiger partial charge in [-0.1, -0.05) is 15.9 Å². The normalized spacial score (nSPS) is 22.3. The van der Waals surface area contributed by atoms with Crippen LogP contribution in [0.15, 0.2) is 21.1 Å². The Balaban J connectivity index is 1.90. The molecule has 1 aromatic carbocycles. The third-order valence-electron chi connectivity index (χ3n) is 3.94. The largest absolute Gasteiger partial charge is 0.492 e. The van der Waals surface area contributed by atoms with Crippen LogP contribution in [0.4, 0.5) is 0 Å². The van der Waals surface area contributed by atoms with Crippen molar-refractivity contribution in [2.45, 2.75) is 45.3 Å². The molecule has 5 heteroatoms. The number of hydrogen-bond donors (Lipinski definition) is 2. The number of nitrogens with one attached hydrogen (secondary N) is 1. The Morgan fingerprint density at radius 1 is 1.24 bits per heavy atom. The van der Waals surface area contributed by atoms with Crippen molar-refractivity contribution in [2.24, 2.45) is 5.92 Å². The molecule has 0 heterocycles. The molecule has 0 saturated heterocycles. The molecule has 1 fully saturated rings. The summed E-state index contributed by atoms with van der Waals surface area (Å²) in [7, 11) is 0. The summed E-state index contributed by atoms with van der Waals surface area (Å²) < 4.78 is 7.77. The van der Waals surface area contributed by atoms with Crippen molar-refractivity contribution in [3.8, 4) is 5.75 Å². The van der Waals surface area contributed by atoms with E-state index in [1.54, 1.807) is 0 Å². The van der Waals surface area contributed by atoms with Crippen LogP contribution in [0.3, 0.4) is 0 Å². The summed E-state index contributed by atoms with van der Waals surface area (Å²) in [6, 6.07) is 4.12. The number of halogens is 2. The highest BCUT2D eigenvalue weighted by Gasteiger charge is 2.19. The lowest BCUT2D eigenvalue weighted by atomic mass is 9.87. The van der Waals surface area contributed by atoms with Gasteiger partial charge in [-0.3, -0.25) is 0 Å². The molecular formula is C16H23Br2NO2. The van der Waals surface area contributed by atoms with Gasteiger partial charge in [-0.05, 0) is 73.1 Å². The van der Waals surface area contributed by atoms with E-state index in [1.165, 1.54) is 0 Å². The van der Waals surface area contributed by atoms with Crippen LogP contribution in [0.5, 0.6) is 5.75 Å². The minimum Gasteiger partial charge on any atom is -0.492 e. The van der Waals surface area contributed by atoms with E-state index in [2.05, 4.69) is 43.2 Å². The van der Waals surface area contributed by atoms with Crippen molar-refractivity contribution >= 4 is 31.9 Å². The van der Waals surface area contributed by atoms with Crippen molar-refractivity contribution in [3.63, 3.8) is 0 Å². The standard InChI is InChI=1S/C16H23Br2NO2/c1-2-21-16-12(7-13(17)8-15(16)18)10-19-9-11-3-5-14(20)6-4-11/h7-8,11,14,19-20H,2-6,9-10H2,1H3. The van der Waals surface area contributed by atoms with Gasteiger partial charge in [-0.25, -0.2) is 0 Å². The first-order valence-corrected chi connectivity index (χ1v) is 9.18. The first-order chi connectivity index (χ1) is 10.1. The Kier molecular flexibility index (Phi) is 6.99. The molecule has 1 saturated carbocycles. The van der Waals surface area contributed by atoms with Crippen molar-refractivity contribution in [1.29, 1.82) is 0 Å². The quantitative estimate of drug-likeness (QED) is 0.722. The predicted octanol–water partition coefficient (Wildman–Crippen LogP) is 4.25. The van der Waals surface area contributed by atoms with Gasteiger partial charge in [0.05, 0.1) is 17.2 Å². The highest BCUT2D eigenvalue weighted by atomic mass is 79.9. The number of rotatable bonds is 6. The van der Waals surface area contributed by atoms with Gasteiger partial charge >= 0.3 is 0 Å². The minimum atomic E-state index is -0.0770. The SMILES string of the molecule is CCOc1c(Br)cc(Br)cc1CNCC1CCC(O)CC1.